The van der Waals surface area contributed by atoms with Gasteiger partial charge in [0.2, 0.25) is 5.91 Å². The second kappa shape index (κ2) is 18.5. The molecule has 0 radical (unpaired) electrons. The number of amides is 2. The van der Waals surface area contributed by atoms with Gasteiger partial charge in [-0.15, -0.1) is 0 Å². The van der Waals surface area contributed by atoms with Crippen molar-refractivity contribution in [2.45, 2.75) is 49.1 Å². The molecule has 64 heavy (non-hydrogen) atoms. The molecule has 324 valence electrons. The van der Waals surface area contributed by atoms with E-state index in [1.165, 1.54) is 29.2 Å². The maximum atomic E-state index is 14.5. The molecule has 1 unspecified atom stereocenters. The van der Waals surface area contributed by atoms with Crippen LogP contribution in [0.1, 0.15) is 49.8 Å². The van der Waals surface area contributed by atoms with Crippen molar-refractivity contribution in [3.05, 3.63) is 176 Å². The number of carboxylic acids is 1. The standard InChI is InChI=1S/C49H39Cl2N3O9S/c1-64(59,60)46-5-3-2-4-38(46)48(56)54-26-36-24-44-43(62-28-45(63-44)34-15-17-37(18-16-34)61-27-31-10-19-39(50)40(51)20-31)23-35(36)22-42(54)47(55)53-41(49(57)58)21-29-6-11-32(12-7-29)33-13-8-30(25-52)9-14-33/h2-20,23-24,41-42,45H,21-22,26-28H2,1H3,(H,53,55)(H,57,58)/t41-,42-,45?/m0/s1. The predicted molar refractivity (Wildman–Crippen MR) is 239 cm³/mol. The van der Waals surface area contributed by atoms with Crippen molar-refractivity contribution < 1.29 is 42.1 Å². The van der Waals surface area contributed by atoms with Crippen LogP contribution in [0.2, 0.25) is 10.0 Å². The summed E-state index contributed by atoms with van der Waals surface area (Å²) in [5.41, 5.74) is 5.78. The molecule has 0 saturated heterocycles. The zero-order valence-electron chi connectivity index (χ0n) is 34.2. The van der Waals surface area contributed by atoms with E-state index < -0.39 is 45.8 Å². The molecule has 0 spiro atoms. The average molecular weight is 917 g/mol. The molecule has 0 saturated carbocycles. The maximum absolute atomic E-state index is 14.5. The lowest BCUT2D eigenvalue weighted by atomic mass is 9.91. The fraction of sp³-hybridized carbons (Fsp3) is 0.184. The van der Waals surface area contributed by atoms with Gasteiger partial charge in [-0.25, -0.2) is 13.2 Å². The molecule has 3 atom stereocenters. The molecule has 0 aromatic heterocycles. The summed E-state index contributed by atoms with van der Waals surface area (Å²) in [5, 5.41) is 23.0. The number of hydrogen-bond acceptors (Lipinski definition) is 9. The predicted octanol–water partition coefficient (Wildman–Crippen LogP) is 8.41. The topological polar surface area (TPSA) is 172 Å². The van der Waals surface area contributed by atoms with Crippen LogP contribution in [0.4, 0.5) is 0 Å². The van der Waals surface area contributed by atoms with Gasteiger partial charge in [0.05, 0.1) is 32.1 Å². The molecular formula is C49H39Cl2N3O9S. The Kier molecular flexibility index (Phi) is 12.6. The quantitative estimate of drug-likeness (QED) is 0.121. The third-order valence-corrected chi connectivity index (χ3v) is 13.0. The van der Waals surface area contributed by atoms with Crippen LogP contribution in [-0.2, 0) is 45.4 Å². The van der Waals surface area contributed by atoms with Gasteiger partial charge < -0.3 is 29.5 Å². The number of nitriles is 1. The molecule has 0 fully saturated rings. The molecule has 2 N–H and O–H groups in total. The van der Waals surface area contributed by atoms with Gasteiger partial charge in [0, 0.05) is 25.6 Å². The number of ether oxygens (including phenoxy) is 3. The van der Waals surface area contributed by atoms with Crippen LogP contribution in [0.3, 0.4) is 0 Å². The SMILES string of the molecule is CS(=O)(=O)c1ccccc1C(=O)N1Cc2cc3c(cc2C[C@H]1C(=O)N[C@@H](Cc1ccc(-c2ccc(C#N)cc2)cc1)C(=O)O)OCC(c1ccc(OCc2ccc(Cl)c(Cl)c2)cc1)O3. The van der Waals surface area contributed by atoms with E-state index in [4.69, 9.17) is 42.7 Å². The van der Waals surface area contributed by atoms with Crippen molar-refractivity contribution in [2.75, 3.05) is 12.9 Å². The first-order chi connectivity index (χ1) is 30.7. The van der Waals surface area contributed by atoms with Crippen LogP contribution in [0.15, 0.2) is 132 Å². The van der Waals surface area contributed by atoms with Gasteiger partial charge in [-0.1, -0.05) is 89.9 Å². The van der Waals surface area contributed by atoms with Gasteiger partial charge in [0.1, 0.15) is 31.0 Å². The maximum Gasteiger partial charge on any atom is 0.326 e. The number of fused-ring (bicyclic) bond motifs is 2. The van der Waals surface area contributed by atoms with Gasteiger partial charge in [-0.3, -0.25) is 9.59 Å². The van der Waals surface area contributed by atoms with E-state index in [1.54, 1.807) is 48.5 Å². The summed E-state index contributed by atoms with van der Waals surface area (Å²) >= 11 is 12.2. The lowest BCUT2D eigenvalue weighted by Gasteiger charge is -2.38. The Hall–Kier alpha value is -6.85. The number of nitrogens with zero attached hydrogens (tertiary/aromatic N) is 2. The molecule has 2 aliphatic rings. The number of carbonyl (C=O) groups is 3. The Morgan fingerprint density at radius 1 is 0.859 bits per heavy atom. The number of carbonyl (C=O) groups excluding carboxylic acids is 2. The van der Waals surface area contributed by atoms with Gasteiger partial charge in [0.15, 0.2) is 27.4 Å². The number of rotatable bonds is 12. The minimum Gasteiger partial charge on any atom is -0.489 e. The van der Waals surface area contributed by atoms with Crippen molar-refractivity contribution in [3.8, 4) is 34.4 Å². The van der Waals surface area contributed by atoms with E-state index in [-0.39, 0.29) is 43.1 Å². The Morgan fingerprint density at radius 2 is 1.53 bits per heavy atom. The van der Waals surface area contributed by atoms with E-state index in [9.17, 15) is 27.9 Å². The van der Waals surface area contributed by atoms with Crippen molar-refractivity contribution in [1.82, 2.24) is 10.2 Å². The summed E-state index contributed by atoms with van der Waals surface area (Å²) in [6.07, 6.45) is 0.429. The molecule has 8 rings (SSSR count). The summed E-state index contributed by atoms with van der Waals surface area (Å²) < 4.78 is 44.3. The normalized spacial score (nSPS) is 15.9. The third kappa shape index (κ3) is 9.70. The van der Waals surface area contributed by atoms with Crippen LogP contribution in [-0.4, -0.2) is 61.2 Å². The molecule has 0 aliphatic carbocycles. The molecule has 12 nitrogen and oxygen atoms in total. The lowest BCUT2D eigenvalue weighted by Crippen LogP contribution is -2.56. The molecular weight excluding hydrogens is 878 g/mol. The summed E-state index contributed by atoms with van der Waals surface area (Å²) in [4.78, 5) is 42.5. The third-order valence-electron chi connectivity index (χ3n) is 11.1. The fourth-order valence-corrected chi connectivity index (χ4v) is 8.93. The zero-order chi connectivity index (χ0) is 45.1. The van der Waals surface area contributed by atoms with Crippen LogP contribution in [0.5, 0.6) is 17.2 Å². The summed E-state index contributed by atoms with van der Waals surface area (Å²) in [7, 11) is -3.86. The number of benzene rings is 6. The fourth-order valence-electron chi connectivity index (χ4n) is 7.73. The highest BCUT2D eigenvalue weighted by Crippen LogP contribution is 2.41. The highest BCUT2D eigenvalue weighted by atomic mass is 35.5. The van der Waals surface area contributed by atoms with Crippen molar-refractivity contribution in [3.63, 3.8) is 0 Å². The molecule has 2 heterocycles. The summed E-state index contributed by atoms with van der Waals surface area (Å²) in [6.45, 7) is 0.350. The first-order valence-corrected chi connectivity index (χ1v) is 22.7. The van der Waals surface area contributed by atoms with Crippen molar-refractivity contribution >= 4 is 50.8 Å². The molecule has 6 aromatic carbocycles. The average Bonchev–Trinajstić information content (AvgIpc) is 3.30. The smallest absolute Gasteiger partial charge is 0.326 e. The largest absolute Gasteiger partial charge is 0.489 e. The van der Waals surface area contributed by atoms with Crippen LogP contribution < -0.4 is 19.5 Å². The molecule has 0 bridgehead atoms. The Morgan fingerprint density at radius 3 is 2.20 bits per heavy atom. The molecule has 6 aromatic rings. The van der Waals surface area contributed by atoms with E-state index in [0.717, 1.165) is 28.5 Å². The van der Waals surface area contributed by atoms with E-state index in [2.05, 4.69) is 11.4 Å². The lowest BCUT2D eigenvalue weighted by molar-refractivity contribution is -0.142. The number of nitrogens with one attached hydrogen (secondary N) is 1. The Bertz CT molecular complexity index is 2920. The van der Waals surface area contributed by atoms with Gasteiger partial charge in [0.25, 0.3) is 5.91 Å². The molecule has 2 aliphatic heterocycles. The summed E-state index contributed by atoms with van der Waals surface area (Å²) in [5.74, 6) is -1.24. The van der Waals surface area contributed by atoms with Crippen molar-refractivity contribution in [2.24, 2.45) is 0 Å². The Labute approximate surface area is 379 Å². The number of hydrogen-bond donors (Lipinski definition) is 2. The number of carboxylic acid groups (broad SMARTS) is 1. The van der Waals surface area contributed by atoms with Crippen LogP contribution in [0.25, 0.3) is 11.1 Å². The number of aliphatic carboxylic acids is 1. The molecule has 2 amide bonds. The van der Waals surface area contributed by atoms with Gasteiger partial charge >= 0.3 is 5.97 Å². The zero-order valence-corrected chi connectivity index (χ0v) is 36.5. The highest BCUT2D eigenvalue weighted by molar-refractivity contribution is 7.90. The van der Waals surface area contributed by atoms with E-state index in [1.807, 2.05) is 54.6 Å². The minimum absolute atomic E-state index is 0.0245. The van der Waals surface area contributed by atoms with Crippen molar-refractivity contribution in [1.29, 1.82) is 5.26 Å². The first kappa shape index (κ1) is 43.8. The minimum atomic E-state index is -3.86. The monoisotopic (exact) mass is 915 g/mol. The summed E-state index contributed by atoms with van der Waals surface area (Å²) in [6, 6.07) is 35.8. The van der Waals surface area contributed by atoms with Gasteiger partial charge in [-0.2, -0.15) is 5.26 Å². The first-order valence-electron chi connectivity index (χ1n) is 20.1. The van der Waals surface area contributed by atoms with Gasteiger partial charge in [-0.05, 0) is 99.6 Å². The second-order valence-electron chi connectivity index (χ2n) is 15.5. The Balaban J connectivity index is 1.02. The number of sulfone groups is 1. The molecule has 15 heteroatoms. The van der Waals surface area contributed by atoms with E-state index >= 15 is 0 Å². The highest BCUT2D eigenvalue weighted by Gasteiger charge is 2.39. The second-order valence-corrected chi connectivity index (χ2v) is 18.3. The van der Waals surface area contributed by atoms with E-state index in [0.29, 0.717) is 49.5 Å². The van der Waals surface area contributed by atoms with Crippen LogP contribution in [0, 0.1) is 11.3 Å². The van der Waals surface area contributed by atoms with Crippen LogP contribution >= 0.6 is 23.2 Å². The number of halogens is 2.